The molecule has 0 saturated heterocycles. The quantitative estimate of drug-likeness (QED) is 0.688. The maximum Gasteiger partial charge on any atom is 0.203 e. The van der Waals surface area contributed by atoms with Gasteiger partial charge >= 0.3 is 0 Å². The molecule has 0 saturated carbocycles. The fourth-order valence-corrected chi connectivity index (χ4v) is 2.43. The Bertz CT molecular complexity index is 538. The van der Waals surface area contributed by atoms with Gasteiger partial charge in [-0.3, -0.25) is 9.59 Å². The molecule has 2 rings (SSSR count). The number of hydrogen-bond donors (Lipinski definition) is 0. The van der Waals surface area contributed by atoms with Crippen molar-refractivity contribution in [1.82, 2.24) is 0 Å². The van der Waals surface area contributed by atoms with Gasteiger partial charge in [-0.1, -0.05) is 47.6 Å². The SMILES string of the molecule is CC(C)(C)C(=O)c1ccco1.CC(C)(C)C(=O)c1cccs1. The lowest BCUT2D eigenvalue weighted by molar-refractivity contribution is 0.0827. The van der Waals surface area contributed by atoms with Crippen LogP contribution < -0.4 is 0 Å². The summed E-state index contributed by atoms with van der Waals surface area (Å²) < 4.78 is 4.97. The number of ketones is 2. The maximum atomic E-state index is 11.5. The van der Waals surface area contributed by atoms with Gasteiger partial charge in [0.2, 0.25) is 5.78 Å². The highest BCUT2D eigenvalue weighted by molar-refractivity contribution is 7.12. The van der Waals surface area contributed by atoms with E-state index < -0.39 is 0 Å². The number of rotatable bonds is 2. The van der Waals surface area contributed by atoms with E-state index in [-0.39, 0.29) is 22.4 Å². The molecule has 0 bridgehead atoms. The summed E-state index contributed by atoms with van der Waals surface area (Å²) in [6.07, 6.45) is 1.51. The van der Waals surface area contributed by atoms with E-state index >= 15 is 0 Å². The van der Waals surface area contributed by atoms with Gasteiger partial charge in [0.1, 0.15) is 0 Å². The van der Waals surface area contributed by atoms with Crippen molar-refractivity contribution in [3.05, 3.63) is 46.5 Å². The molecule has 2 heterocycles. The number of furan rings is 1. The Morgan fingerprint density at radius 1 is 0.909 bits per heavy atom. The predicted octanol–water partition coefficient (Wildman–Crippen LogP) is 5.49. The summed E-state index contributed by atoms with van der Waals surface area (Å²) >= 11 is 1.51. The highest BCUT2D eigenvalue weighted by Gasteiger charge is 2.24. The second-order valence-electron chi connectivity index (χ2n) is 7.11. The van der Waals surface area contributed by atoms with Gasteiger partial charge in [0, 0.05) is 10.8 Å². The van der Waals surface area contributed by atoms with Crippen LogP contribution in [0.4, 0.5) is 0 Å². The van der Waals surface area contributed by atoms with E-state index in [4.69, 9.17) is 4.42 Å². The van der Waals surface area contributed by atoms with E-state index in [9.17, 15) is 9.59 Å². The molecule has 0 aliphatic heterocycles. The zero-order valence-electron chi connectivity index (χ0n) is 14.1. The van der Waals surface area contributed by atoms with Crippen molar-refractivity contribution in [2.45, 2.75) is 41.5 Å². The average molecular weight is 320 g/mol. The van der Waals surface area contributed by atoms with Gasteiger partial charge in [-0.05, 0) is 23.6 Å². The van der Waals surface area contributed by atoms with E-state index in [0.717, 1.165) is 4.88 Å². The second-order valence-corrected chi connectivity index (χ2v) is 8.06. The lowest BCUT2D eigenvalue weighted by atomic mass is 9.89. The van der Waals surface area contributed by atoms with Crippen LogP contribution in [0.15, 0.2) is 40.3 Å². The molecule has 2 aromatic rings. The minimum absolute atomic E-state index is 0.0440. The maximum absolute atomic E-state index is 11.5. The van der Waals surface area contributed by atoms with Crippen LogP contribution in [0.1, 0.15) is 61.8 Å². The van der Waals surface area contributed by atoms with Gasteiger partial charge in [0.25, 0.3) is 0 Å². The molecule has 0 aromatic carbocycles. The molecule has 0 fully saturated rings. The van der Waals surface area contributed by atoms with Crippen molar-refractivity contribution < 1.29 is 14.0 Å². The van der Waals surface area contributed by atoms with Crippen LogP contribution in [0.25, 0.3) is 0 Å². The highest BCUT2D eigenvalue weighted by Crippen LogP contribution is 2.23. The summed E-state index contributed by atoms with van der Waals surface area (Å²) in [6.45, 7) is 11.4. The predicted molar refractivity (Wildman–Crippen MR) is 90.6 cm³/mol. The number of carbonyl (C=O) groups excluding carboxylic acids is 2. The van der Waals surface area contributed by atoms with Gasteiger partial charge < -0.3 is 4.42 Å². The summed E-state index contributed by atoms with van der Waals surface area (Å²) in [6, 6.07) is 7.19. The van der Waals surface area contributed by atoms with Gasteiger partial charge in [-0.15, -0.1) is 11.3 Å². The van der Waals surface area contributed by atoms with E-state index in [1.54, 1.807) is 12.1 Å². The van der Waals surface area contributed by atoms with Crippen LogP contribution in [0.5, 0.6) is 0 Å². The van der Waals surface area contributed by atoms with E-state index in [1.807, 2.05) is 59.1 Å². The largest absolute Gasteiger partial charge is 0.461 e. The first-order chi connectivity index (χ1) is 10.0. The fraction of sp³-hybridized carbons (Fsp3) is 0.444. The molecule has 4 heteroatoms. The molecule has 22 heavy (non-hydrogen) atoms. The van der Waals surface area contributed by atoms with Crippen molar-refractivity contribution in [2.75, 3.05) is 0 Å². The third kappa shape index (κ3) is 5.26. The molecule has 0 aliphatic rings. The van der Waals surface area contributed by atoms with Crippen molar-refractivity contribution in [3.63, 3.8) is 0 Å². The first-order valence-electron chi connectivity index (χ1n) is 7.20. The van der Waals surface area contributed by atoms with Crippen LogP contribution >= 0.6 is 11.3 Å². The molecule has 2 aromatic heterocycles. The average Bonchev–Trinajstić information content (AvgIpc) is 3.08. The Morgan fingerprint density at radius 2 is 1.50 bits per heavy atom. The molecular formula is C18H24O3S. The monoisotopic (exact) mass is 320 g/mol. The summed E-state index contributed by atoms with van der Waals surface area (Å²) in [5, 5.41) is 1.93. The van der Waals surface area contributed by atoms with Crippen molar-refractivity contribution in [2.24, 2.45) is 10.8 Å². The zero-order chi connectivity index (χ0) is 17.0. The minimum Gasteiger partial charge on any atom is -0.461 e. The lowest BCUT2D eigenvalue weighted by Gasteiger charge is -2.14. The third-order valence-corrected chi connectivity index (χ3v) is 3.72. The molecule has 3 nitrogen and oxygen atoms in total. The standard InChI is InChI=1S/C9H12O2.C9H12OS/c2*1-9(2,3)8(10)7-5-4-6-11-7/h2*4-6H,1-3H3. The second kappa shape index (κ2) is 7.05. The first kappa shape index (κ1) is 18.4. The summed E-state index contributed by atoms with van der Waals surface area (Å²) in [4.78, 5) is 23.8. The fourth-order valence-electron chi connectivity index (χ4n) is 1.55. The zero-order valence-corrected chi connectivity index (χ0v) is 14.9. The molecule has 0 spiro atoms. The molecule has 120 valence electrons. The van der Waals surface area contributed by atoms with Crippen LogP contribution in [0, 0.1) is 10.8 Å². The lowest BCUT2D eigenvalue weighted by Crippen LogP contribution is -2.19. The Hall–Kier alpha value is -1.68. The van der Waals surface area contributed by atoms with Crippen molar-refractivity contribution in [3.8, 4) is 0 Å². The van der Waals surface area contributed by atoms with Gasteiger partial charge in [0.05, 0.1) is 11.1 Å². The van der Waals surface area contributed by atoms with Gasteiger partial charge in [-0.2, -0.15) is 0 Å². The summed E-state index contributed by atoms with van der Waals surface area (Å²) in [5.41, 5.74) is -0.595. The van der Waals surface area contributed by atoms with Crippen molar-refractivity contribution in [1.29, 1.82) is 0 Å². The Balaban J connectivity index is 0.000000220. The molecule has 0 amide bonds. The topological polar surface area (TPSA) is 47.3 Å². The first-order valence-corrected chi connectivity index (χ1v) is 8.08. The summed E-state index contributed by atoms with van der Waals surface area (Å²) in [5.74, 6) is 0.715. The van der Waals surface area contributed by atoms with Crippen LogP contribution in [-0.4, -0.2) is 11.6 Å². The highest BCUT2D eigenvalue weighted by atomic mass is 32.1. The number of hydrogen-bond acceptors (Lipinski definition) is 4. The Morgan fingerprint density at radius 3 is 1.86 bits per heavy atom. The molecule has 0 atom stereocenters. The number of thiophene rings is 1. The van der Waals surface area contributed by atoms with E-state index in [2.05, 4.69) is 0 Å². The minimum atomic E-state index is -0.349. The molecule has 0 unspecified atom stereocenters. The van der Waals surface area contributed by atoms with Crippen LogP contribution in [0.3, 0.4) is 0 Å². The molecule has 0 N–H and O–H groups in total. The van der Waals surface area contributed by atoms with E-state index in [1.165, 1.54) is 17.6 Å². The van der Waals surface area contributed by atoms with Gasteiger partial charge in [0.15, 0.2) is 11.5 Å². The molecule has 0 aliphatic carbocycles. The number of carbonyl (C=O) groups is 2. The molecular weight excluding hydrogens is 296 g/mol. The normalized spacial score (nSPS) is 11.5. The van der Waals surface area contributed by atoms with Gasteiger partial charge in [-0.25, -0.2) is 0 Å². The summed E-state index contributed by atoms with van der Waals surface area (Å²) in [7, 11) is 0. The van der Waals surface area contributed by atoms with Crippen LogP contribution in [-0.2, 0) is 0 Å². The Labute approximate surface area is 136 Å². The number of Topliss-reactive ketones (excluding diaryl/α,β-unsaturated/α-hetero) is 2. The third-order valence-electron chi connectivity index (χ3n) is 2.85. The Kier molecular flexibility index (Phi) is 5.89. The van der Waals surface area contributed by atoms with Crippen molar-refractivity contribution >= 4 is 22.9 Å². The smallest absolute Gasteiger partial charge is 0.203 e. The van der Waals surface area contributed by atoms with E-state index in [0.29, 0.717) is 5.76 Å². The van der Waals surface area contributed by atoms with Crippen LogP contribution in [0.2, 0.25) is 0 Å². The molecule has 0 radical (unpaired) electrons.